The van der Waals surface area contributed by atoms with Gasteiger partial charge in [0, 0.05) is 12.1 Å². The normalized spacial score (nSPS) is 14.7. The number of hydrogen-bond donors (Lipinski definition) is 3. The largest absolute Gasteiger partial charge is 0.393 e. The van der Waals surface area contributed by atoms with Gasteiger partial charge in [-0.15, -0.1) is 0 Å². The number of aliphatic hydroxyl groups is 2. The molecule has 3 N–H and O–H groups in total. The van der Waals surface area contributed by atoms with Gasteiger partial charge in [-0.2, -0.15) is 0 Å². The average Bonchev–Trinajstić information content (AvgIpc) is 2.20. The van der Waals surface area contributed by atoms with Crippen LogP contribution in [-0.2, 0) is 0 Å². The highest BCUT2D eigenvalue weighted by molar-refractivity contribution is 6.30. The first kappa shape index (κ1) is 12.2. The van der Waals surface area contributed by atoms with Crippen LogP contribution in [0.3, 0.4) is 0 Å². The van der Waals surface area contributed by atoms with E-state index in [2.05, 4.69) is 15.3 Å². The second kappa shape index (κ2) is 4.74. The van der Waals surface area contributed by atoms with Crippen molar-refractivity contribution in [3.05, 3.63) is 17.0 Å². The fourth-order valence-electron chi connectivity index (χ4n) is 0.937. The lowest BCUT2D eigenvalue weighted by molar-refractivity contribution is 0.0131. The fraction of sp³-hybridized carbons (Fsp3) is 0.556. The number of nitrogens with zero attached hydrogens (tertiary/aromatic N) is 2. The number of anilines is 1. The summed E-state index contributed by atoms with van der Waals surface area (Å²) in [6.45, 7) is 3.17. The van der Waals surface area contributed by atoms with Crippen LogP contribution < -0.4 is 5.32 Å². The Labute approximate surface area is 93.1 Å². The summed E-state index contributed by atoms with van der Waals surface area (Å²) in [6, 6.07) is 0. The van der Waals surface area contributed by atoms with Crippen molar-refractivity contribution in [2.45, 2.75) is 19.4 Å². The maximum absolute atomic E-state index is 9.56. The van der Waals surface area contributed by atoms with Gasteiger partial charge in [-0.1, -0.05) is 11.6 Å². The second-order valence-corrected chi connectivity index (χ2v) is 4.00. The fourth-order valence-corrected chi connectivity index (χ4v) is 1.07. The molecule has 0 aromatic carbocycles. The van der Waals surface area contributed by atoms with Crippen molar-refractivity contribution < 1.29 is 10.2 Å². The van der Waals surface area contributed by atoms with Gasteiger partial charge in [-0.05, 0) is 13.8 Å². The summed E-state index contributed by atoms with van der Waals surface area (Å²) in [5.74, 6) is 0.559. The molecule has 5 nitrogen and oxygen atoms in total. The molecule has 1 unspecified atom stereocenters. The van der Waals surface area contributed by atoms with Crippen LogP contribution in [-0.4, -0.2) is 38.9 Å². The first-order chi connectivity index (χ1) is 6.96. The molecule has 0 radical (unpaired) electrons. The van der Waals surface area contributed by atoms with E-state index < -0.39 is 5.60 Å². The van der Waals surface area contributed by atoms with Crippen molar-refractivity contribution in [1.82, 2.24) is 9.97 Å². The molecule has 0 saturated heterocycles. The molecule has 1 rings (SSSR count). The molecular weight excluding hydrogens is 218 g/mol. The Hall–Kier alpha value is -0.910. The van der Waals surface area contributed by atoms with Crippen LogP contribution >= 0.6 is 11.6 Å². The summed E-state index contributed by atoms with van der Waals surface area (Å²) in [4.78, 5) is 7.78. The molecular formula is C9H14ClN3O2. The van der Waals surface area contributed by atoms with E-state index in [1.54, 1.807) is 6.92 Å². The molecule has 0 fully saturated rings. The van der Waals surface area contributed by atoms with Gasteiger partial charge in [-0.3, -0.25) is 0 Å². The van der Waals surface area contributed by atoms with Crippen LogP contribution in [0.15, 0.2) is 6.33 Å². The van der Waals surface area contributed by atoms with Gasteiger partial charge in [0.1, 0.15) is 22.9 Å². The van der Waals surface area contributed by atoms with Crippen LogP contribution in [0.5, 0.6) is 0 Å². The zero-order valence-corrected chi connectivity index (χ0v) is 9.41. The SMILES string of the molecule is Cc1c(Cl)ncnc1NCC(C)(O)CO. The van der Waals surface area contributed by atoms with Gasteiger partial charge < -0.3 is 15.5 Å². The summed E-state index contributed by atoms with van der Waals surface area (Å²) in [5, 5.41) is 21.7. The first-order valence-corrected chi connectivity index (χ1v) is 4.88. The van der Waals surface area contributed by atoms with E-state index in [1.807, 2.05) is 0 Å². The Balaban J connectivity index is 2.70. The van der Waals surface area contributed by atoms with Gasteiger partial charge in [0.2, 0.25) is 0 Å². The smallest absolute Gasteiger partial charge is 0.137 e. The van der Waals surface area contributed by atoms with E-state index in [0.717, 1.165) is 0 Å². The summed E-state index contributed by atoms with van der Waals surface area (Å²) in [5.41, 5.74) is -0.461. The summed E-state index contributed by atoms with van der Waals surface area (Å²) < 4.78 is 0. The molecule has 6 heteroatoms. The summed E-state index contributed by atoms with van der Waals surface area (Å²) in [7, 11) is 0. The Bertz CT molecular complexity index is 344. The van der Waals surface area contributed by atoms with Crippen LogP contribution in [0.2, 0.25) is 5.15 Å². The summed E-state index contributed by atoms with van der Waals surface area (Å²) in [6.07, 6.45) is 1.34. The third kappa shape index (κ3) is 3.30. The minimum Gasteiger partial charge on any atom is -0.393 e. The number of halogens is 1. The minimum atomic E-state index is -1.18. The molecule has 0 amide bonds. The van der Waals surface area contributed by atoms with Crippen molar-refractivity contribution in [1.29, 1.82) is 0 Å². The van der Waals surface area contributed by atoms with Crippen LogP contribution in [0.1, 0.15) is 12.5 Å². The Kier molecular flexibility index (Phi) is 3.84. The quantitative estimate of drug-likeness (QED) is 0.662. The van der Waals surface area contributed by atoms with Crippen molar-refractivity contribution >= 4 is 17.4 Å². The third-order valence-corrected chi connectivity index (χ3v) is 2.38. The average molecular weight is 232 g/mol. The van der Waals surface area contributed by atoms with E-state index in [4.69, 9.17) is 16.7 Å². The van der Waals surface area contributed by atoms with E-state index in [-0.39, 0.29) is 13.2 Å². The van der Waals surface area contributed by atoms with Crippen LogP contribution in [0.4, 0.5) is 5.82 Å². The molecule has 0 aliphatic rings. The Morgan fingerprint density at radius 2 is 2.20 bits per heavy atom. The molecule has 0 bridgehead atoms. The molecule has 0 saturated carbocycles. The van der Waals surface area contributed by atoms with Gasteiger partial charge in [0.05, 0.1) is 6.61 Å². The molecule has 1 aromatic heterocycles. The van der Waals surface area contributed by atoms with Crippen LogP contribution in [0.25, 0.3) is 0 Å². The predicted octanol–water partition coefficient (Wildman–Crippen LogP) is 0.594. The molecule has 0 aliphatic heterocycles. The highest BCUT2D eigenvalue weighted by Gasteiger charge is 2.19. The zero-order valence-electron chi connectivity index (χ0n) is 8.66. The molecule has 0 spiro atoms. The molecule has 1 atom stereocenters. The van der Waals surface area contributed by atoms with E-state index >= 15 is 0 Å². The molecule has 0 aliphatic carbocycles. The third-order valence-electron chi connectivity index (χ3n) is 2.00. The molecule has 84 valence electrons. The topological polar surface area (TPSA) is 78.3 Å². The number of hydrogen-bond acceptors (Lipinski definition) is 5. The maximum atomic E-state index is 9.56. The van der Waals surface area contributed by atoms with Crippen molar-refractivity contribution in [2.24, 2.45) is 0 Å². The number of aliphatic hydroxyl groups excluding tert-OH is 1. The van der Waals surface area contributed by atoms with Gasteiger partial charge >= 0.3 is 0 Å². The lowest BCUT2D eigenvalue weighted by Gasteiger charge is -2.21. The van der Waals surface area contributed by atoms with Gasteiger partial charge in [0.15, 0.2) is 0 Å². The van der Waals surface area contributed by atoms with Gasteiger partial charge in [-0.25, -0.2) is 9.97 Å². The van der Waals surface area contributed by atoms with Crippen LogP contribution in [0, 0.1) is 6.92 Å². The second-order valence-electron chi connectivity index (χ2n) is 3.65. The van der Waals surface area contributed by atoms with Crippen molar-refractivity contribution in [3.8, 4) is 0 Å². The van der Waals surface area contributed by atoms with E-state index in [1.165, 1.54) is 13.3 Å². The molecule has 1 aromatic rings. The first-order valence-electron chi connectivity index (χ1n) is 4.50. The maximum Gasteiger partial charge on any atom is 0.137 e. The van der Waals surface area contributed by atoms with E-state index in [0.29, 0.717) is 16.5 Å². The number of nitrogens with one attached hydrogen (secondary N) is 1. The lowest BCUT2D eigenvalue weighted by atomic mass is 10.1. The minimum absolute atomic E-state index is 0.192. The molecule has 1 heterocycles. The standard InChI is InChI=1S/C9H14ClN3O2/c1-6-7(10)12-5-13-8(6)11-3-9(2,15)4-14/h5,14-15H,3-4H2,1-2H3,(H,11,12,13). The van der Waals surface area contributed by atoms with Gasteiger partial charge in [0.25, 0.3) is 0 Å². The zero-order chi connectivity index (χ0) is 11.5. The summed E-state index contributed by atoms with van der Waals surface area (Å²) >= 11 is 5.79. The van der Waals surface area contributed by atoms with Crippen molar-refractivity contribution in [2.75, 3.05) is 18.5 Å². The van der Waals surface area contributed by atoms with Crippen molar-refractivity contribution in [3.63, 3.8) is 0 Å². The highest BCUT2D eigenvalue weighted by atomic mass is 35.5. The Morgan fingerprint density at radius 3 is 2.80 bits per heavy atom. The van der Waals surface area contributed by atoms with E-state index in [9.17, 15) is 5.11 Å². The molecule has 15 heavy (non-hydrogen) atoms. The predicted molar refractivity (Wildman–Crippen MR) is 58.0 cm³/mol. The number of aromatic nitrogens is 2. The Morgan fingerprint density at radius 1 is 1.53 bits per heavy atom. The highest BCUT2D eigenvalue weighted by Crippen LogP contribution is 2.18. The number of rotatable bonds is 4. The monoisotopic (exact) mass is 231 g/mol. The lowest BCUT2D eigenvalue weighted by Crippen LogP contribution is -2.37.